The van der Waals surface area contributed by atoms with E-state index in [-0.39, 0.29) is 19.8 Å². The summed E-state index contributed by atoms with van der Waals surface area (Å²) >= 11 is 0. The van der Waals surface area contributed by atoms with Crippen molar-refractivity contribution in [3.8, 4) is 5.75 Å². The molecule has 0 aromatic heterocycles. The van der Waals surface area contributed by atoms with E-state index >= 15 is 0 Å². The van der Waals surface area contributed by atoms with Gasteiger partial charge >= 0.3 is 5.97 Å². The Morgan fingerprint density at radius 3 is 1.00 bits per heavy atom. The first kappa shape index (κ1) is 47.1. The zero-order valence-corrected chi connectivity index (χ0v) is 30.6. The van der Waals surface area contributed by atoms with E-state index in [1.165, 1.54) is 83.5 Å². The summed E-state index contributed by atoms with van der Waals surface area (Å²) in [5.41, 5.74) is 0. The number of rotatable bonds is 37. The first-order valence-electron chi connectivity index (χ1n) is 18.7. The highest BCUT2D eigenvalue weighted by Gasteiger charge is 2.28. The minimum Gasteiger partial charge on any atom is -0.420 e. The minimum atomic E-state index is -2.34. The van der Waals surface area contributed by atoms with E-state index in [9.17, 15) is 26.7 Å². The molecule has 1 rings (SSSR count). The minimum absolute atomic E-state index is 0.0945. The zero-order valence-electron chi connectivity index (χ0n) is 30.6. The Morgan fingerprint density at radius 1 is 0.373 bits per heavy atom. The van der Waals surface area contributed by atoms with E-state index in [0.717, 1.165) is 13.0 Å². The second kappa shape index (κ2) is 33.9. The molecule has 0 saturated heterocycles. The Morgan fingerprint density at radius 2 is 0.647 bits per heavy atom. The van der Waals surface area contributed by atoms with E-state index in [0.29, 0.717) is 66.1 Å². The molecule has 0 bridgehead atoms. The van der Waals surface area contributed by atoms with Gasteiger partial charge in [0.15, 0.2) is 0 Å². The summed E-state index contributed by atoms with van der Waals surface area (Å²) in [6.07, 6.45) is 18.4. The fraction of sp³-hybridized carbons (Fsp3) is 0.811. The summed E-state index contributed by atoms with van der Waals surface area (Å²) in [6, 6.07) is 0. The zero-order chi connectivity index (χ0) is 37.2. The van der Waals surface area contributed by atoms with Crippen LogP contribution in [0.5, 0.6) is 5.75 Å². The molecule has 1 aromatic rings. The Hall–Kier alpha value is -1.94. The molecule has 1 aromatic carbocycles. The standard InChI is InChI=1S/C37H61F5O9/c1-2-3-4-5-6-7-8-9-10-11-12-13-14-15-17-44-19-21-46-23-25-48-27-29-50-30-28-49-26-24-47-22-20-45-18-16-31(43)51-37-35(41)33(39)32(38)34(40)36(37)42/h2-30H2,1H3. The topological polar surface area (TPSA) is 90.9 Å². The normalized spacial score (nSPS) is 11.5. The lowest BCUT2D eigenvalue weighted by Gasteiger charge is -2.09. The van der Waals surface area contributed by atoms with Crippen LogP contribution in [0.1, 0.15) is 103 Å². The van der Waals surface area contributed by atoms with Crippen LogP contribution in [0.2, 0.25) is 0 Å². The summed E-state index contributed by atoms with van der Waals surface area (Å²) in [7, 11) is 0. The second-order valence-corrected chi connectivity index (χ2v) is 12.0. The van der Waals surface area contributed by atoms with Gasteiger partial charge in [-0.3, -0.25) is 4.79 Å². The average molecular weight is 745 g/mol. The number of benzene rings is 1. The number of hydrogen-bond acceptors (Lipinski definition) is 9. The number of unbranched alkanes of at least 4 members (excludes halogenated alkanes) is 13. The van der Waals surface area contributed by atoms with Gasteiger partial charge in [-0.2, -0.15) is 8.78 Å². The highest BCUT2D eigenvalue weighted by molar-refractivity contribution is 5.72. The molecule has 0 saturated carbocycles. The number of esters is 1. The van der Waals surface area contributed by atoms with Gasteiger partial charge in [0, 0.05) is 6.61 Å². The van der Waals surface area contributed by atoms with Gasteiger partial charge in [-0.15, -0.1) is 0 Å². The fourth-order valence-corrected chi connectivity index (χ4v) is 4.81. The molecule has 0 amide bonds. The molecule has 51 heavy (non-hydrogen) atoms. The van der Waals surface area contributed by atoms with Gasteiger partial charge in [0.2, 0.25) is 34.8 Å². The molecule has 0 spiro atoms. The molecule has 9 nitrogen and oxygen atoms in total. The molecule has 0 fully saturated rings. The van der Waals surface area contributed by atoms with Crippen molar-refractivity contribution in [2.75, 3.05) is 92.5 Å². The van der Waals surface area contributed by atoms with Crippen LogP contribution in [0.3, 0.4) is 0 Å². The molecule has 0 aliphatic carbocycles. The molecular weight excluding hydrogens is 683 g/mol. The van der Waals surface area contributed by atoms with Crippen molar-refractivity contribution >= 4 is 5.97 Å². The summed E-state index contributed by atoms with van der Waals surface area (Å²) < 4.78 is 109. The third kappa shape index (κ3) is 25.6. The van der Waals surface area contributed by atoms with E-state index in [1.54, 1.807) is 0 Å². The van der Waals surface area contributed by atoms with Gasteiger partial charge in [-0.05, 0) is 6.42 Å². The van der Waals surface area contributed by atoms with Crippen LogP contribution in [0, 0.1) is 29.1 Å². The first-order valence-corrected chi connectivity index (χ1v) is 18.7. The fourth-order valence-electron chi connectivity index (χ4n) is 4.81. The monoisotopic (exact) mass is 744 g/mol. The third-order valence-electron chi connectivity index (χ3n) is 7.71. The van der Waals surface area contributed by atoms with Crippen molar-refractivity contribution in [2.45, 2.75) is 103 Å². The molecule has 298 valence electrons. The lowest BCUT2D eigenvalue weighted by molar-refractivity contribution is -0.136. The van der Waals surface area contributed by atoms with E-state index in [4.69, 9.17) is 33.2 Å². The van der Waals surface area contributed by atoms with Crippen LogP contribution in [-0.2, 0) is 38.0 Å². The van der Waals surface area contributed by atoms with Crippen molar-refractivity contribution in [3.05, 3.63) is 29.1 Å². The summed E-state index contributed by atoms with van der Waals surface area (Å²) in [6.45, 7) is 7.58. The number of hydrogen-bond donors (Lipinski definition) is 0. The summed E-state index contributed by atoms with van der Waals surface area (Å²) in [5, 5.41) is 0. The van der Waals surface area contributed by atoms with Crippen LogP contribution in [0.15, 0.2) is 0 Å². The van der Waals surface area contributed by atoms with Crippen molar-refractivity contribution in [3.63, 3.8) is 0 Å². The third-order valence-corrected chi connectivity index (χ3v) is 7.71. The highest BCUT2D eigenvalue weighted by atomic mass is 19.2. The van der Waals surface area contributed by atoms with Gasteiger partial charge in [-0.1, -0.05) is 90.4 Å². The van der Waals surface area contributed by atoms with Crippen molar-refractivity contribution in [1.82, 2.24) is 0 Å². The molecular formula is C37H61F5O9. The molecule has 0 aliphatic heterocycles. The Kier molecular flexibility index (Phi) is 31.3. The van der Waals surface area contributed by atoms with Gasteiger partial charge in [0.05, 0.1) is 92.3 Å². The highest BCUT2D eigenvalue weighted by Crippen LogP contribution is 2.29. The van der Waals surface area contributed by atoms with Crippen LogP contribution in [0.25, 0.3) is 0 Å². The Labute approximate surface area is 301 Å². The van der Waals surface area contributed by atoms with Crippen molar-refractivity contribution in [2.24, 2.45) is 0 Å². The van der Waals surface area contributed by atoms with Crippen LogP contribution in [0.4, 0.5) is 22.0 Å². The lowest BCUT2D eigenvalue weighted by atomic mass is 10.0. The molecule has 0 atom stereocenters. The van der Waals surface area contributed by atoms with Crippen LogP contribution < -0.4 is 4.74 Å². The Bertz CT molecular complexity index is 961. The summed E-state index contributed by atoms with van der Waals surface area (Å²) in [5.74, 6) is -14.1. The smallest absolute Gasteiger partial charge is 0.313 e. The quantitative estimate of drug-likeness (QED) is 0.0167. The van der Waals surface area contributed by atoms with Gasteiger partial charge in [-0.25, -0.2) is 13.2 Å². The predicted octanol–water partition coefficient (Wildman–Crippen LogP) is 8.28. The first-order chi connectivity index (χ1) is 24.9. The van der Waals surface area contributed by atoms with E-state index in [1.807, 2.05) is 0 Å². The maximum atomic E-state index is 13.5. The summed E-state index contributed by atoms with van der Waals surface area (Å²) in [4.78, 5) is 11.7. The number of ether oxygens (including phenoxy) is 8. The van der Waals surface area contributed by atoms with Crippen LogP contribution >= 0.6 is 0 Å². The molecule has 0 heterocycles. The maximum Gasteiger partial charge on any atom is 0.313 e. The SMILES string of the molecule is CCCCCCCCCCCCCCCCOCCOCCOCCOCCOCCOCCOCCC(=O)Oc1c(F)c(F)c(F)c(F)c1F. The molecule has 0 unspecified atom stereocenters. The number of carbonyl (C=O) groups excluding carboxylic acids is 1. The van der Waals surface area contributed by atoms with Crippen molar-refractivity contribution in [1.29, 1.82) is 0 Å². The predicted molar refractivity (Wildman–Crippen MR) is 183 cm³/mol. The van der Waals surface area contributed by atoms with Gasteiger partial charge < -0.3 is 37.9 Å². The van der Waals surface area contributed by atoms with Gasteiger partial charge in [0.25, 0.3) is 0 Å². The average Bonchev–Trinajstić information content (AvgIpc) is 3.13. The lowest BCUT2D eigenvalue weighted by Crippen LogP contribution is -2.16. The number of carbonyl (C=O) groups is 1. The van der Waals surface area contributed by atoms with Gasteiger partial charge in [0.1, 0.15) is 0 Å². The van der Waals surface area contributed by atoms with E-state index < -0.39 is 47.2 Å². The van der Waals surface area contributed by atoms with Crippen LogP contribution in [-0.4, -0.2) is 98.5 Å². The molecule has 14 heteroatoms. The van der Waals surface area contributed by atoms with Crippen molar-refractivity contribution < 1.29 is 64.6 Å². The Balaban J connectivity index is 1.73. The van der Waals surface area contributed by atoms with E-state index in [2.05, 4.69) is 11.7 Å². The molecule has 0 aliphatic rings. The number of halogens is 5. The maximum absolute atomic E-state index is 13.5. The second-order valence-electron chi connectivity index (χ2n) is 12.0. The molecule has 0 N–H and O–H groups in total. The largest absolute Gasteiger partial charge is 0.420 e. The molecule has 0 radical (unpaired) electrons.